The van der Waals surface area contributed by atoms with Gasteiger partial charge in [-0.25, -0.2) is 4.39 Å². The summed E-state index contributed by atoms with van der Waals surface area (Å²) in [6.07, 6.45) is 2.17. The molecule has 0 atom stereocenters. The monoisotopic (exact) mass is 353 g/mol. The largest absolute Gasteiger partial charge is 0.342 e. The third-order valence-corrected chi connectivity index (χ3v) is 4.87. The molecule has 3 rings (SSSR count). The van der Waals surface area contributed by atoms with Gasteiger partial charge in [0, 0.05) is 44.3 Å². The van der Waals surface area contributed by atoms with Gasteiger partial charge in [-0.3, -0.25) is 14.5 Å². The summed E-state index contributed by atoms with van der Waals surface area (Å²) in [5.74, 6) is -0.759. The average Bonchev–Trinajstić information content (AvgIpc) is 3.09. The van der Waals surface area contributed by atoms with E-state index < -0.39 is 5.82 Å². The summed E-state index contributed by atoms with van der Waals surface area (Å²) in [5, 5.41) is 0.272. The molecule has 0 unspecified atom stereocenters. The van der Waals surface area contributed by atoms with Crippen molar-refractivity contribution in [2.75, 3.05) is 45.8 Å². The van der Waals surface area contributed by atoms with Crippen molar-refractivity contribution in [3.63, 3.8) is 0 Å². The van der Waals surface area contributed by atoms with Gasteiger partial charge in [-0.15, -0.1) is 0 Å². The molecule has 24 heavy (non-hydrogen) atoms. The Balaban J connectivity index is 1.52. The van der Waals surface area contributed by atoms with Crippen molar-refractivity contribution in [2.24, 2.45) is 0 Å². The van der Waals surface area contributed by atoms with Gasteiger partial charge < -0.3 is 9.80 Å². The molecule has 2 aliphatic rings. The van der Waals surface area contributed by atoms with Crippen LogP contribution in [0.15, 0.2) is 18.2 Å². The van der Waals surface area contributed by atoms with Crippen molar-refractivity contribution in [2.45, 2.75) is 12.8 Å². The summed E-state index contributed by atoms with van der Waals surface area (Å²) < 4.78 is 13.9. The number of hydrogen-bond donors (Lipinski definition) is 0. The number of hydrogen-bond acceptors (Lipinski definition) is 3. The van der Waals surface area contributed by atoms with Gasteiger partial charge in [-0.2, -0.15) is 0 Å². The van der Waals surface area contributed by atoms with Crippen LogP contribution in [0, 0.1) is 5.82 Å². The number of rotatable bonds is 3. The van der Waals surface area contributed by atoms with E-state index in [2.05, 4.69) is 4.90 Å². The third-order valence-electron chi connectivity index (χ3n) is 4.64. The topological polar surface area (TPSA) is 43.9 Å². The lowest BCUT2D eigenvalue weighted by Crippen LogP contribution is -2.51. The number of benzene rings is 1. The predicted molar refractivity (Wildman–Crippen MR) is 89.6 cm³/mol. The first-order valence-electron chi connectivity index (χ1n) is 8.29. The van der Waals surface area contributed by atoms with Crippen molar-refractivity contribution in [1.82, 2.24) is 14.7 Å². The van der Waals surface area contributed by atoms with E-state index in [0.717, 1.165) is 32.0 Å². The molecule has 0 aromatic heterocycles. The van der Waals surface area contributed by atoms with E-state index in [4.69, 9.17) is 11.6 Å². The number of carbonyl (C=O) groups excluding carboxylic acids is 2. The number of amides is 2. The van der Waals surface area contributed by atoms with Gasteiger partial charge in [0.2, 0.25) is 5.91 Å². The second kappa shape index (κ2) is 7.49. The van der Waals surface area contributed by atoms with Crippen molar-refractivity contribution < 1.29 is 14.0 Å². The molecule has 0 saturated carbocycles. The number of halogens is 2. The molecule has 0 aliphatic carbocycles. The average molecular weight is 354 g/mol. The van der Waals surface area contributed by atoms with Crippen LogP contribution in [0.4, 0.5) is 4.39 Å². The fourth-order valence-corrected chi connectivity index (χ4v) is 3.36. The van der Waals surface area contributed by atoms with Gasteiger partial charge in [0.05, 0.1) is 12.1 Å². The molecule has 2 aliphatic heterocycles. The highest BCUT2D eigenvalue weighted by Gasteiger charge is 2.26. The van der Waals surface area contributed by atoms with Crippen LogP contribution >= 0.6 is 11.6 Å². The molecule has 2 saturated heterocycles. The van der Waals surface area contributed by atoms with Crippen LogP contribution in [0.1, 0.15) is 23.2 Å². The first-order valence-corrected chi connectivity index (χ1v) is 8.67. The Kier molecular flexibility index (Phi) is 5.36. The van der Waals surface area contributed by atoms with Gasteiger partial charge in [0.25, 0.3) is 5.91 Å². The fourth-order valence-electron chi connectivity index (χ4n) is 3.20. The van der Waals surface area contributed by atoms with Crippen molar-refractivity contribution in [1.29, 1.82) is 0 Å². The molecular weight excluding hydrogens is 333 g/mol. The predicted octanol–water partition coefficient (Wildman–Crippen LogP) is 1.86. The highest BCUT2D eigenvalue weighted by molar-refractivity contribution is 6.30. The second-order valence-electron chi connectivity index (χ2n) is 6.28. The first kappa shape index (κ1) is 17.2. The quantitative estimate of drug-likeness (QED) is 0.833. The zero-order valence-corrected chi connectivity index (χ0v) is 14.3. The molecule has 1 aromatic carbocycles. The van der Waals surface area contributed by atoms with Crippen LogP contribution in [0.5, 0.6) is 0 Å². The Bertz CT molecular complexity index is 626. The molecule has 1 aromatic rings. The maximum Gasteiger partial charge on any atom is 0.256 e. The number of carbonyl (C=O) groups is 2. The number of nitrogens with zero attached hydrogens (tertiary/aromatic N) is 3. The van der Waals surface area contributed by atoms with E-state index >= 15 is 0 Å². The lowest BCUT2D eigenvalue weighted by Gasteiger charge is -2.35. The van der Waals surface area contributed by atoms with Crippen LogP contribution in [0.3, 0.4) is 0 Å². The molecule has 7 heteroatoms. The molecule has 2 amide bonds. The van der Waals surface area contributed by atoms with Gasteiger partial charge in [-0.05, 0) is 31.0 Å². The fraction of sp³-hybridized carbons (Fsp3) is 0.529. The zero-order valence-electron chi connectivity index (χ0n) is 13.5. The van der Waals surface area contributed by atoms with Crippen LogP contribution in [0.2, 0.25) is 5.02 Å². The maximum absolute atomic E-state index is 13.9. The minimum atomic E-state index is -0.598. The molecule has 2 fully saturated rings. The van der Waals surface area contributed by atoms with Crippen molar-refractivity contribution >= 4 is 23.4 Å². The Hall–Kier alpha value is -1.66. The Morgan fingerprint density at radius 1 is 1.00 bits per heavy atom. The summed E-state index contributed by atoms with van der Waals surface area (Å²) in [6, 6.07) is 4.09. The highest BCUT2D eigenvalue weighted by Crippen LogP contribution is 2.17. The van der Waals surface area contributed by atoms with Crippen LogP contribution < -0.4 is 0 Å². The van der Waals surface area contributed by atoms with E-state index in [1.807, 2.05) is 4.90 Å². The highest BCUT2D eigenvalue weighted by atomic mass is 35.5. The van der Waals surface area contributed by atoms with Gasteiger partial charge in [-0.1, -0.05) is 11.6 Å². The maximum atomic E-state index is 13.9. The lowest BCUT2D eigenvalue weighted by atomic mass is 10.1. The second-order valence-corrected chi connectivity index (χ2v) is 6.72. The van der Waals surface area contributed by atoms with Gasteiger partial charge >= 0.3 is 0 Å². The lowest BCUT2D eigenvalue weighted by molar-refractivity contribution is -0.131. The summed E-state index contributed by atoms with van der Waals surface area (Å²) >= 11 is 5.72. The van der Waals surface area contributed by atoms with Crippen LogP contribution in [-0.2, 0) is 4.79 Å². The summed E-state index contributed by atoms with van der Waals surface area (Å²) in [4.78, 5) is 30.2. The normalized spacial score (nSPS) is 18.9. The Labute approximate surface area is 146 Å². The summed E-state index contributed by atoms with van der Waals surface area (Å²) in [7, 11) is 0. The molecule has 2 heterocycles. The van der Waals surface area contributed by atoms with E-state index in [1.165, 1.54) is 12.1 Å². The van der Waals surface area contributed by atoms with E-state index in [-0.39, 0.29) is 22.4 Å². The summed E-state index contributed by atoms with van der Waals surface area (Å²) in [6.45, 7) is 4.35. The molecule has 0 N–H and O–H groups in total. The van der Waals surface area contributed by atoms with Crippen molar-refractivity contribution in [3.05, 3.63) is 34.6 Å². The molecule has 0 spiro atoms. The SMILES string of the molecule is O=C(CN1CCN(C(=O)c2ccc(Cl)cc2F)CC1)N1CCCC1. The molecule has 0 radical (unpaired) electrons. The minimum Gasteiger partial charge on any atom is -0.342 e. The first-order chi connectivity index (χ1) is 11.5. The van der Waals surface area contributed by atoms with Crippen LogP contribution in [0.25, 0.3) is 0 Å². The molecule has 5 nitrogen and oxygen atoms in total. The van der Waals surface area contributed by atoms with Gasteiger partial charge in [0.1, 0.15) is 5.82 Å². The minimum absolute atomic E-state index is 0.0426. The molecule has 0 bridgehead atoms. The van der Waals surface area contributed by atoms with E-state index in [1.54, 1.807) is 4.90 Å². The Morgan fingerprint density at radius 2 is 1.67 bits per heavy atom. The zero-order chi connectivity index (χ0) is 17.1. The van der Waals surface area contributed by atoms with Crippen LogP contribution in [-0.4, -0.2) is 72.3 Å². The summed E-state index contributed by atoms with van der Waals surface area (Å²) in [5.41, 5.74) is 0.0426. The smallest absolute Gasteiger partial charge is 0.256 e. The van der Waals surface area contributed by atoms with E-state index in [0.29, 0.717) is 32.7 Å². The van der Waals surface area contributed by atoms with E-state index in [9.17, 15) is 14.0 Å². The van der Waals surface area contributed by atoms with Gasteiger partial charge in [0.15, 0.2) is 0 Å². The molecule has 130 valence electrons. The molecular formula is C17H21ClFN3O2. The van der Waals surface area contributed by atoms with Crippen molar-refractivity contribution in [3.8, 4) is 0 Å². The number of likely N-dealkylation sites (tertiary alicyclic amines) is 1. The standard InChI is InChI=1S/C17H21ClFN3O2/c18-13-3-4-14(15(19)11-13)17(24)22-9-7-20(8-10-22)12-16(23)21-5-1-2-6-21/h3-4,11H,1-2,5-10,12H2. The third kappa shape index (κ3) is 3.87. The number of piperazine rings is 1. The Morgan fingerprint density at radius 3 is 2.29 bits per heavy atom.